The van der Waals surface area contributed by atoms with Crippen molar-refractivity contribution in [3.05, 3.63) is 28.2 Å². The minimum atomic E-state index is 0.534. The molecular weight excluding hydrogens is 304 g/mol. The van der Waals surface area contributed by atoms with Crippen molar-refractivity contribution in [1.82, 2.24) is 5.32 Å². The van der Waals surface area contributed by atoms with Gasteiger partial charge in [0.25, 0.3) is 0 Å². The normalized spacial score (nSPS) is 12.5. The molecule has 0 amide bonds. The summed E-state index contributed by atoms with van der Waals surface area (Å²) in [5, 5.41) is 3.41. The standard InChI is InChI=1S/C15H25BrN2O/c1-5-12(2)18(3)15-10-14(16)7-6-13(15)11-17-8-9-19-4/h6-7,10,12,17H,5,8-9,11H2,1-4H3. The van der Waals surface area contributed by atoms with Crippen LogP contribution in [-0.4, -0.2) is 33.4 Å². The minimum absolute atomic E-state index is 0.534. The summed E-state index contributed by atoms with van der Waals surface area (Å²) >= 11 is 3.56. The monoisotopic (exact) mass is 328 g/mol. The van der Waals surface area contributed by atoms with Crippen molar-refractivity contribution in [3.63, 3.8) is 0 Å². The lowest BCUT2D eigenvalue weighted by molar-refractivity contribution is 0.199. The topological polar surface area (TPSA) is 24.5 Å². The fourth-order valence-corrected chi connectivity index (χ4v) is 2.27. The van der Waals surface area contributed by atoms with Crippen LogP contribution in [0.25, 0.3) is 0 Å². The zero-order valence-corrected chi connectivity index (χ0v) is 14.0. The molecule has 0 aliphatic carbocycles. The second-order valence-electron chi connectivity index (χ2n) is 4.81. The lowest BCUT2D eigenvalue weighted by Crippen LogP contribution is -2.30. The Hall–Kier alpha value is -0.580. The Labute approximate surface area is 125 Å². The zero-order chi connectivity index (χ0) is 14.3. The Kier molecular flexibility index (Phi) is 7.42. The van der Waals surface area contributed by atoms with Gasteiger partial charge in [-0.2, -0.15) is 0 Å². The van der Waals surface area contributed by atoms with Gasteiger partial charge < -0.3 is 15.0 Å². The lowest BCUT2D eigenvalue weighted by Gasteiger charge is -2.28. The average molecular weight is 329 g/mol. The van der Waals surface area contributed by atoms with Gasteiger partial charge in [0.15, 0.2) is 0 Å². The zero-order valence-electron chi connectivity index (χ0n) is 12.4. The molecule has 1 aromatic carbocycles. The fourth-order valence-electron chi connectivity index (χ4n) is 1.92. The molecule has 0 aliphatic rings. The van der Waals surface area contributed by atoms with Crippen LogP contribution in [0, 0.1) is 0 Å². The number of rotatable bonds is 8. The van der Waals surface area contributed by atoms with E-state index in [4.69, 9.17) is 4.74 Å². The third-order valence-corrected chi connectivity index (χ3v) is 3.97. The molecule has 1 unspecified atom stereocenters. The van der Waals surface area contributed by atoms with E-state index in [1.807, 2.05) is 0 Å². The smallest absolute Gasteiger partial charge is 0.0587 e. The van der Waals surface area contributed by atoms with Crippen LogP contribution in [-0.2, 0) is 11.3 Å². The average Bonchev–Trinajstić information content (AvgIpc) is 2.43. The number of halogens is 1. The number of ether oxygens (including phenoxy) is 1. The molecular formula is C15H25BrN2O. The summed E-state index contributed by atoms with van der Waals surface area (Å²) in [7, 11) is 3.89. The molecule has 0 fully saturated rings. The molecule has 0 radical (unpaired) electrons. The summed E-state index contributed by atoms with van der Waals surface area (Å²) in [6.07, 6.45) is 1.14. The van der Waals surface area contributed by atoms with Crippen LogP contribution in [0.1, 0.15) is 25.8 Å². The van der Waals surface area contributed by atoms with Gasteiger partial charge in [-0.05, 0) is 31.0 Å². The Morgan fingerprint density at radius 1 is 1.42 bits per heavy atom. The molecule has 0 saturated carbocycles. The molecule has 1 aromatic rings. The maximum atomic E-state index is 5.05. The van der Waals surface area contributed by atoms with Gasteiger partial charge in [-0.25, -0.2) is 0 Å². The first-order chi connectivity index (χ1) is 9.10. The number of methoxy groups -OCH3 is 1. The predicted octanol–water partition coefficient (Wildman–Crippen LogP) is 3.42. The molecule has 0 saturated heterocycles. The van der Waals surface area contributed by atoms with Crippen molar-refractivity contribution in [2.45, 2.75) is 32.9 Å². The van der Waals surface area contributed by atoms with Gasteiger partial charge in [0.1, 0.15) is 0 Å². The third-order valence-electron chi connectivity index (χ3n) is 3.48. The van der Waals surface area contributed by atoms with Gasteiger partial charge in [-0.3, -0.25) is 0 Å². The van der Waals surface area contributed by atoms with E-state index in [2.05, 4.69) is 65.2 Å². The van der Waals surface area contributed by atoms with Crippen molar-refractivity contribution in [2.75, 3.05) is 32.2 Å². The first kappa shape index (κ1) is 16.5. The number of hydrogen-bond acceptors (Lipinski definition) is 3. The highest BCUT2D eigenvalue weighted by Crippen LogP contribution is 2.26. The molecule has 108 valence electrons. The van der Waals surface area contributed by atoms with Gasteiger partial charge in [0.05, 0.1) is 6.61 Å². The number of anilines is 1. The molecule has 0 heterocycles. The highest BCUT2D eigenvalue weighted by Gasteiger charge is 2.12. The van der Waals surface area contributed by atoms with Crippen molar-refractivity contribution in [3.8, 4) is 0 Å². The van der Waals surface area contributed by atoms with Crippen LogP contribution in [0.3, 0.4) is 0 Å². The van der Waals surface area contributed by atoms with E-state index in [-0.39, 0.29) is 0 Å². The summed E-state index contributed by atoms with van der Waals surface area (Å²) in [4.78, 5) is 2.35. The molecule has 0 spiro atoms. The largest absolute Gasteiger partial charge is 0.383 e. The number of nitrogens with zero attached hydrogens (tertiary/aromatic N) is 1. The maximum absolute atomic E-state index is 5.05. The molecule has 1 rings (SSSR count). The highest BCUT2D eigenvalue weighted by molar-refractivity contribution is 9.10. The maximum Gasteiger partial charge on any atom is 0.0587 e. The van der Waals surface area contributed by atoms with E-state index in [0.29, 0.717) is 6.04 Å². The van der Waals surface area contributed by atoms with Crippen LogP contribution in [0.4, 0.5) is 5.69 Å². The van der Waals surface area contributed by atoms with E-state index in [9.17, 15) is 0 Å². The van der Waals surface area contributed by atoms with Crippen molar-refractivity contribution < 1.29 is 4.74 Å². The first-order valence-electron chi connectivity index (χ1n) is 6.81. The van der Waals surface area contributed by atoms with Gasteiger partial charge >= 0.3 is 0 Å². The van der Waals surface area contributed by atoms with E-state index >= 15 is 0 Å². The molecule has 19 heavy (non-hydrogen) atoms. The van der Waals surface area contributed by atoms with Crippen molar-refractivity contribution >= 4 is 21.6 Å². The van der Waals surface area contributed by atoms with E-state index in [1.165, 1.54) is 11.3 Å². The molecule has 0 aliphatic heterocycles. The lowest BCUT2D eigenvalue weighted by atomic mass is 10.1. The molecule has 1 atom stereocenters. The molecule has 3 nitrogen and oxygen atoms in total. The highest BCUT2D eigenvalue weighted by atomic mass is 79.9. The quantitative estimate of drug-likeness (QED) is 0.740. The van der Waals surface area contributed by atoms with E-state index in [1.54, 1.807) is 7.11 Å². The van der Waals surface area contributed by atoms with Crippen LogP contribution in [0.15, 0.2) is 22.7 Å². The number of hydrogen-bond donors (Lipinski definition) is 1. The second-order valence-corrected chi connectivity index (χ2v) is 5.73. The third kappa shape index (κ3) is 5.13. The summed E-state index contributed by atoms with van der Waals surface area (Å²) < 4.78 is 6.18. The Morgan fingerprint density at radius 3 is 2.79 bits per heavy atom. The van der Waals surface area contributed by atoms with Crippen LogP contribution >= 0.6 is 15.9 Å². The molecule has 4 heteroatoms. The van der Waals surface area contributed by atoms with Gasteiger partial charge in [0.2, 0.25) is 0 Å². The molecule has 0 aromatic heterocycles. The fraction of sp³-hybridized carbons (Fsp3) is 0.600. The van der Waals surface area contributed by atoms with Gasteiger partial charge in [-0.1, -0.05) is 28.9 Å². The summed E-state index contributed by atoms with van der Waals surface area (Å²) in [6.45, 7) is 6.96. The molecule has 1 N–H and O–H groups in total. The van der Waals surface area contributed by atoms with Gasteiger partial charge in [-0.15, -0.1) is 0 Å². The predicted molar refractivity (Wildman–Crippen MR) is 85.9 cm³/mol. The van der Waals surface area contributed by atoms with E-state index in [0.717, 1.165) is 30.6 Å². The summed E-state index contributed by atoms with van der Waals surface area (Å²) in [5.74, 6) is 0. The SMILES string of the molecule is CCC(C)N(C)c1cc(Br)ccc1CNCCOC. The van der Waals surface area contributed by atoms with Crippen molar-refractivity contribution in [1.29, 1.82) is 0 Å². The minimum Gasteiger partial charge on any atom is -0.383 e. The Morgan fingerprint density at radius 2 is 2.16 bits per heavy atom. The Balaban J connectivity index is 2.79. The second kappa shape index (κ2) is 8.56. The van der Waals surface area contributed by atoms with Crippen LogP contribution < -0.4 is 10.2 Å². The van der Waals surface area contributed by atoms with Crippen LogP contribution in [0.2, 0.25) is 0 Å². The Bertz CT molecular complexity index is 384. The van der Waals surface area contributed by atoms with Crippen LogP contribution in [0.5, 0.6) is 0 Å². The van der Waals surface area contributed by atoms with Crippen molar-refractivity contribution in [2.24, 2.45) is 0 Å². The number of nitrogens with one attached hydrogen (secondary N) is 1. The molecule has 0 bridgehead atoms. The first-order valence-corrected chi connectivity index (χ1v) is 7.60. The van der Waals surface area contributed by atoms with Gasteiger partial charge in [0, 0.05) is 43.4 Å². The number of benzene rings is 1. The summed E-state index contributed by atoms with van der Waals surface area (Å²) in [6, 6.07) is 7.01. The van der Waals surface area contributed by atoms with E-state index < -0.39 is 0 Å². The summed E-state index contributed by atoms with van der Waals surface area (Å²) in [5.41, 5.74) is 2.61.